The third-order valence-corrected chi connectivity index (χ3v) is 4.61. The molecule has 0 radical (unpaired) electrons. The second-order valence-electron chi connectivity index (χ2n) is 6.14. The highest BCUT2D eigenvalue weighted by Gasteiger charge is 2.25. The molecule has 1 fully saturated rings. The third kappa shape index (κ3) is 2.88. The number of aromatic nitrogens is 1. The molecular formula is C16H23N3O2. The van der Waals surface area contributed by atoms with Crippen molar-refractivity contribution in [2.45, 2.75) is 38.6 Å². The highest BCUT2D eigenvalue weighted by molar-refractivity contribution is 5.99. The summed E-state index contributed by atoms with van der Waals surface area (Å²) < 4.78 is 0. The van der Waals surface area contributed by atoms with E-state index < -0.39 is 0 Å². The number of carbonyl (C=O) groups is 1. The molecule has 5 heteroatoms. The van der Waals surface area contributed by atoms with Gasteiger partial charge in [-0.3, -0.25) is 4.79 Å². The quantitative estimate of drug-likeness (QED) is 0.862. The van der Waals surface area contributed by atoms with E-state index in [4.69, 9.17) is 0 Å². The van der Waals surface area contributed by atoms with Crippen LogP contribution >= 0.6 is 0 Å². The Kier molecular flexibility index (Phi) is 4.10. The van der Waals surface area contributed by atoms with Crippen LogP contribution in [0.4, 0.5) is 5.82 Å². The van der Waals surface area contributed by atoms with Crippen LogP contribution in [0.25, 0.3) is 0 Å². The minimum Gasteiger partial charge on any atom is -0.396 e. The number of pyridine rings is 1. The molecule has 0 bridgehead atoms. The molecular weight excluding hydrogens is 266 g/mol. The van der Waals surface area contributed by atoms with Crippen molar-refractivity contribution in [1.82, 2.24) is 10.3 Å². The van der Waals surface area contributed by atoms with Crippen LogP contribution < -0.4 is 10.2 Å². The van der Waals surface area contributed by atoms with Crippen LogP contribution in [-0.2, 0) is 13.0 Å². The van der Waals surface area contributed by atoms with Gasteiger partial charge in [0.2, 0.25) is 0 Å². The van der Waals surface area contributed by atoms with Crippen molar-refractivity contribution in [3.8, 4) is 0 Å². The van der Waals surface area contributed by atoms with Crippen LogP contribution in [0.2, 0.25) is 0 Å². The second-order valence-corrected chi connectivity index (χ2v) is 6.14. The van der Waals surface area contributed by atoms with E-state index in [2.05, 4.69) is 15.2 Å². The number of amides is 1. The van der Waals surface area contributed by atoms with Crippen molar-refractivity contribution in [2.75, 3.05) is 25.1 Å². The Bertz CT molecular complexity index is 539. The molecule has 5 nitrogen and oxygen atoms in total. The Labute approximate surface area is 125 Å². The van der Waals surface area contributed by atoms with Gasteiger partial charge >= 0.3 is 0 Å². The molecule has 0 spiro atoms. The highest BCUT2D eigenvalue weighted by Crippen LogP contribution is 2.28. The number of aliphatic hydroxyl groups excluding tert-OH is 1. The van der Waals surface area contributed by atoms with E-state index in [1.807, 2.05) is 13.1 Å². The fourth-order valence-corrected chi connectivity index (χ4v) is 3.46. The Morgan fingerprint density at radius 2 is 2.19 bits per heavy atom. The zero-order chi connectivity index (χ0) is 14.8. The number of hydrogen-bond acceptors (Lipinski definition) is 4. The largest absolute Gasteiger partial charge is 0.396 e. The van der Waals surface area contributed by atoms with Crippen molar-refractivity contribution in [2.24, 2.45) is 5.92 Å². The lowest BCUT2D eigenvalue weighted by atomic mass is 10.1. The molecule has 1 aromatic heterocycles. The number of nitrogens with one attached hydrogen (secondary N) is 1. The minimum absolute atomic E-state index is 0.0258. The number of fused-ring (bicyclic) bond motifs is 1. The van der Waals surface area contributed by atoms with Gasteiger partial charge in [0.05, 0.1) is 5.69 Å². The van der Waals surface area contributed by atoms with E-state index >= 15 is 0 Å². The lowest BCUT2D eigenvalue weighted by Crippen LogP contribution is -2.25. The molecule has 21 heavy (non-hydrogen) atoms. The Morgan fingerprint density at radius 3 is 2.90 bits per heavy atom. The average molecular weight is 289 g/mol. The number of nitrogens with zero attached hydrogens (tertiary/aromatic N) is 2. The van der Waals surface area contributed by atoms with E-state index in [0.29, 0.717) is 13.0 Å². The van der Waals surface area contributed by atoms with Crippen molar-refractivity contribution in [3.05, 3.63) is 22.9 Å². The third-order valence-electron chi connectivity index (χ3n) is 4.61. The summed E-state index contributed by atoms with van der Waals surface area (Å²) in [6.07, 6.45) is 5.74. The molecule has 2 aliphatic rings. The summed E-state index contributed by atoms with van der Waals surface area (Å²) in [5.74, 6) is 1.56. The Hall–Kier alpha value is -1.62. The first-order valence-corrected chi connectivity index (χ1v) is 7.82. The van der Waals surface area contributed by atoms with Gasteiger partial charge in [-0.15, -0.1) is 0 Å². The first-order chi connectivity index (χ1) is 10.2. The van der Waals surface area contributed by atoms with Gasteiger partial charge in [-0.25, -0.2) is 4.98 Å². The van der Waals surface area contributed by atoms with E-state index in [0.717, 1.165) is 35.1 Å². The normalized spacial score (nSPS) is 17.9. The molecule has 1 aliphatic heterocycles. The summed E-state index contributed by atoms with van der Waals surface area (Å²) >= 11 is 0. The molecule has 1 aromatic rings. The summed E-state index contributed by atoms with van der Waals surface area (Å²) in [6, 6.07) is 1.90. The summed E-state index contributed by atoms with van der Waals surface area (Å²) in [6.45, 7) is 1.58. The van der Waals surface area contributed by atoms with Crippen molar-refractivity contribution < 1.29 is 9.90 Å². The Balaban J connectivity index is 1.85. The molecule has 1 aliphatic carbocycles. The smallest absolute Gasteiger partial charge is 0.252 e. The molecule has 0 saturated heterocycles. The van der Waals surface area contributed by atoms with Crippen LogP contribution in [0.3, 0.4) is 0 Å². The van der Waals surface area contributed by atoms with Gasteiger partial charge in [0.25, 0.3) is 5.91 Å². The van der Waals surface area contributed by atoms with Gasteiger partial charge in [0.1, 0.15) is 5.82 Å². The molecule has 0 unspecified atom stereocenters. The topological polar surface area (TPSA) is 65.5 Å². The van der Waals surface area contributed by atoms with Crippen LogP contribution in [0, 0.1) is 5.92 Å². The number of carbonyl (C=O) groups excluding carboxylic acids is 1. The van der Waals surface area contributed by atoms with Crippen LogP contribution in [-0.4, -0.2) is 36.2 Å². The first-order valence-electron chi connectivity index (χ1n) is 7.82. The number of aliphatic hydroxyl groups is 1. The maximum absolute atomic E-state index is 11.9. The summed E-state index contributed by atoms with van der Waals surface area (Å²) in [5.41, 5.74) is 2.52. The molecule has 3 rings (SSSR count). The van der Waals surface area contributed by atoms with Crippen molar-refractivity contribution in [3.63, 3.8) is 0 Å². The number of hydrogen-bond donors (Lipinski definition) is 2. The van der Waals surface area contributed by atoms with E-state index in [1.165, 1.54) is 25.7 Å². The Morgan fingerprint density at radius 1 is 1.43 bits per heavy atom. The van der Waals surface area contributed by atoms with Gasteiger partial charge in [-0.2, -0.15) is 0 Å². The average Bonchev–Trinajstić information content (AvgIpc) is 3.10. The zero-order valence-electron chi connectivity index (χ0n) is 12.6. The van der Waals surface area contributed by atoms with Crippen LogP contribution in [0.5, 0.6) is 0 Å². The SMILES string of the molecule is CN(CC1CCCC1)c1cc2c(c(CCO)n1)CNC2=O. The van der Waals surface area contributed by atoms with Crippen molar-refractivity contribution >= 4 is 11.7 Å². The fourth-order valence-electron chi connectivity index (χ4n) is 3.46. The first kappa shape index (κ1) is 14.3. The lowest BCUT2D eigenvalue weighted by Gasteiger charge is -2.23. The highest BCUT2D eigenvalue weighted by atomic mass is 16.3. The minimum atomic E-state index is -0.0258. The molecule has 2 N–H and O–H groups in total. The van der Waals surface area contributed by atoms with Gasteiger partial charge in [-0.05, 0) is 24.8 Å². The summed E-state index contributed by atoms with van der Waals surface area (Å²) in [4.78, 5) is 18.8. The predicted molar refractivity (Wildman–Crippen MR) is 81.4 cm³/mol. The van der Waals surface area contributed by atoms with Crippen LogP contribution in [0.15, 0.2) is 6.07 Å². The molecule has 114 valence electrons. The monoisotopic (exact) mass is 289 g/mol. The van der Waals surface area contributed by atoms with Gasteiger partial charge in [0, 0.05) is 44.3 Å². The summed E-state index contributed by atoms with van der Waals surface area (Å²) in [7, 11) is 2.04. The van der Waals surface area contributed by atoms with Crippen molar-refractivity contribution in [1.29, 1.82) is 0 Å². The van der Waals surface area contributed by atoms with Crippen LogP contribution in [0.1, 0.15) is 47.3 Å². The summed E-state index contributed by atoms with van der Waals surface area (Å²) in [5, 5.41) is 12.1. The molecule has 0 atom stereocenters. The van der Waals surface area contributed by atoms with E-state index in [1.54, 1.807) is 0 Å². The van der Waals surface area contributed by atoms with E-state index in [-0.39, 0.29) is 12.5 Å². The number of rotatable bonds is 5. The van der Waals surface area contributed by atoms with Gasteiger partial charge < -0.3 is 15.3 Å². The number of anilines is 1. The zero-order valence-corrected chi connectivity index (χ0v) is 12.6. The fraction of sp³-hybridized carbons (Fsp3) is 0.625. The predicted octanol–water partition coefficient (Wildman–Crippen LogP) is 1.49. The van der Waals surface area contributed by atoms with Gasteiger partial charge in [0.15, 0.2) is 0 Å². The molecule has 2 heterocycles. The van der Waals surface area contributed by atoms with Gasteiger partial charge in [-0.1, -0.05) is 12.8 Å². The molecule has 1 saturated carbocycles. The maximum atomic E-state index is 11.9. The maximum Gasteiger partial charge on any atom is 0.252 e. The molecule has 1 amide bonds. The standard InChI is InChI=1S/C16H23N3O2/c1-19(10-11-4-2-3-5-11)15-8-12-13(9-17-16(12)21)14(18-15)6-7-20/h8,11,20H,2-7,9-10H2,1H3,(H,17,21). The molecule has 0 aromatic carbocycles. The second kappa shape index (κ2) is 6.02. The lowest BCUT2D eigenvalue weighted by molar-refractivity contribution is 0.0965. The van der Waals surface area contributed by atoms with E-state index in [9.17, 15) is 9.90 Å².